The Morgan fingerprint density at radius 3 is 2.35 bits per heavy atom. The van der Waals surface area contributed by atoms with Gasteiger partial charge in [-0.3, -0.25) is 0 Å². The van der Waals surface area contributed by atoms with E-state index < -0.39 is 19.4 Å². The molecule has 0 radical (unpaired) electrons. The van der Waals surface area contributed by atoms with E-state index in [0.29, 0.717) is 5.41 Å². The maximum absolute atomic E-state index is 6.79. The summed E-state index contributed by atoms with van der Waals surface area (Å²) in [4.78, 5) is 0. The van der Waals surface area contributed by atoms with Gasteiger partial charge in [0, 0.05) is 0 Å². The van der Waals surface area contributed by atoms with Crippen molar-refractivity contribution >= 4 is 23.1 Å². The van der Waals surface area contributed by atoms with Crippen molar-refractivity contribution in [3.63, 3.8) is 0 Å². The molecule has 0 spiro atoms. The van der Waals surface area contributed by atoms with Crippen molar-refractivity contribution in [2.24, 2.45) is 5.41 Å². The van der Waals surface area contributed by atoms with Crippen LogP contribution in [0.1, 0.15) is 80.1 Å². The Balaban J connectivity index is 1.74. The summed E-state index contributed by atoms with van der Waals surface area (Å²) in [5.41, 5.74) is 8.69. The van der Waals surface area contributed by atoms with E-state index in [0.717, 1.165) is 6.42 Å². The van der Waals surface area contributed by atoms with Crippen LogP contribution in [0, 0.1) is 5.41 Å². The Hall–Kier alpha value is -0.617. The molecule has 2 aliphatic carbocycles. The number of rotatable bonds is 5. The summed E-state index contributed by atoms with van der Waals surface area (Å²) in [6.07, 6.45) is 13.1. The minimum absolute atomic E-state index is 0.163. The second-order valence-corrected chi connectivity index (χ2v) is 19.1. The predicted octanol–water partition coefficient (Wildman–Crippen LogP) is 9.54. The summed E-state index contributed by atoms with van der Waals surface area (Å²) in [6, 6.07) is 15.8. The van der Waals surface area contributed by atoms with E-state index in [-0.39, 0.29) is 9.04 Å². The van der Waals surface area contributed by atoms with Gasteiger partial charge in [0.25, 0.3) is 0 Å². The second kappa shape index (κ2) is 9.32. The average Bonchev–Trinajstić information content (AvgIpc) is 3.11. The van der Waals surface area contributed by atoms with Gasteiger partial charge in [0.05, 0.1) is 0 Å². The predicted molar refractivity (Wildman–Crippen MR) is 133 cm³/mol. The Kier molecular flexibility index (Phi) is 7.08. The maximum atomic E-state index is 6.79. The fourth-order valence-electron chi connectivity index (χ4n) is 5.26. The Morgan fingerprint density at radius 2 is 1.77 bits per heavy atom. The molecule has 2 aromatic carbocycles. The van der Waals surface area contributed by atoms with Gasteiger partial charge in [-0.1, -0.05) is 0 Å². The molecule has 0 bridgehead atoms. The SMILES string of the molecule is CCC1(CC2=Cc3c(-c4ccc(C(C)(C)C)cc4)cccc3[CH]2[Zr]([Cl])[Cl])CC=CCC1. The van der Waals surface area contributed by atoms with Gasteiger partial charge in [0.1, 0.15) is 0 Å². The molecule has 2 aliphatic rings. The van der Waals surface area contributed by atoms with Gasteiger partial charge in [-0.25, -0.2) is 0 Å². The third-order valence-corrected chi connectivity index (χ3v) is 12.7. The van der Waals surface area contributed by atoms with Crippen molar-refractivity contribution in [2.45, 2.75) is 68.8 Å². The van der Waals surface area contributed by atoms with E-state index >= 15 is 0 Å². The van der Waals surface area contributed by atoms with E-state index in [1.54, 1.807) is 0 Å². The van der Waals surface area contributed by atoms with Crippen LogP contribution in [0.2, 0.25) is 0 Å². The fourth-order valence-corrected chi connectivity index (χ4v) is 10.6. The molecule has 0 amide bonds. The van der Waals surface area contributed by atoms with Crippen LogP contribution in [0.25, 0.3) is 17.2 Å². The van der Waals surface area contributed by atoms with Gasteiger partial charge >= 0.3 is 205 Å². The summed E-state index contributed by atoms with van der Waals surface area (Å²) >= 11 is -2.54. The van der Waals surface area contributed by atoms with Crippen LogP contribution in [-0.2, 0) is 24.8 Å². The number of allylic oxidation sites excluding steroid dienone is 3. The fraction of sp³-hybridized carbons (Fsp3) is 0.429. The second-order valence-electron chi connectivity index (χ2n) is 10.3. The molecular weight excluding hydrogens is 498 g/mol. The van der Waals surface area contributed by atoms with Crippen molar-refractivity contribution in [2.75, 3.05) is 0 Å². The van der Waals surface area contributed by atoms with Crippen LogP contribution in [0.4, 0.5) is 0 Å². The molecule has 2 aromatic rings. The summed E-state index contributed by atoms with van der Waals surface area (Å²) in [6.45, 7) is 9.14. The first-order chi connectivity index (χ1) is 14.7. The molecule has 0 saturated carbocycles. The Labute approximate surface area is 203 Å². The number of hydrogen-bond donors (Lipinski definition) is 0. The van der Waals surface area contributed by atoms with Crippen LogP contribution in [0.3, 0.4) is 0 Å². The summed E-state index contributed by atoms with van der Waals surface area (Å²) in [5.74, 6) is 0. The first kappa shape index (κ1) is 23.5. The zero-order valence-electron chi connectivity index (χ0n) is 19.1. The molecule has 0 N–H and O–H groups in total. The zero-order valence-corrected chi connectivity index (χ0v) is 23.1. The van der Waals surface area contributed by atoms with Crippen molar-refractivity contribution in [3.8, 4) is 11.1 Å². The van der Waals surface area contributed by atoms with Crippen LogP contribution >= 0.6 is 17.0 Å². The normalized spacial score (nSPS) is 22.9. The average molecular weight is 532 g/mol. The summed E-state index contributed by atoms with van der Waals surface area (Å²) in [7, 11) is 13.6. The van der Waals surface area contributed by atoms with Crippen molar-refractivity contribution < 1.29 is 19.4 Å². The quantitative estimate of drug-likeness (QED) is 0.337. The van der Waals surface area contributed by atoms with Crippen LogP contribution < -0.4 is 0 Å². The van der Waals surface area contributed by atoms with E-state index in [1.165, 1.54) is 59.1 Å². The molecule has 0 saturated heterocycles. The molecule has 0 heterocycles. The molecular formula is C28H33Cl2Zr. The Bertz CT molecular complexity index is 995. The monoisotopic (exact) mass is 529 g/mol. The standard InChI is InChI=1S/C28H33.2ClH.Zr/c1-5-28(16-7-6-8-17-28)20-21-18-23-10-9-11-25(26(23)19-21)22-12-14-24(15-13-22)27(2,3)4;;;/h6-7,9-15,18-19H,5,8,16-17,20H2,1-4H3;2*1H;/q;;;+2/p-2. The number of hydrogen-bond acceptors (Lipinski definition) is 0. The third kappa shape index (κ3) is 4.85. The van der Waals surface area contributed by atoms with Gasteiger partial charge in [-0.2, -0.15) is 0 Å². The number of fused-ring (bicyclic) bond motifs is 1. The number of benzene rings is 2. The van der Waals surface area contributed by atoms with Crippen molar-refractivity contribution in [1.82, 2.24) is 0 Å². The molecule has 2 unspecified atom stereocenters. The van der Waals surface area contributed by atoms with Gasteiger partial charge in [0.15, 0.2) is 0 Å². The molecule has 4 rings (SSSR count). The third-order valence-electron chi connectivity index (χ3n) is 7.32. The van der Waals surface area contributed by atoms with E-state index in [1.807, 2.05) is 0 Å². The van der Waals surface area contributed by atoms with Gasteiger partial charge < -0.3 is 0 Å². The summed E-state index contributed by atoms with van der Waals surface area (Å²) in [5, 5.41) is 0. The van der Waals surface area contributed by atoms with Crippen molar-refractivity contribution in [1.29, 1.82) is 0 Å². The Morgan fingerprint density at radius 1 is 1.03 bits per heavy atom. The number of halogens is 2. The van der Waals surface area contributed by atoms with Gasteiger partial charge in [-0.05, 0) is 0 Å². The summed E-state index contributed by atoms with van der Waals surface area (Å²) < 4.78 is 0.281. The van der Waals surface area contributed by atoms with E-state index in [4.69, 9.17) is 17.0 Å². The van der Waals surface area contributed by atoms with Crippen molar-refractivity contribution in [3.05, 3.63) is 76.9 Å². The van der Waals surface area contributed by atoms with E-state index in [9.17, 15) is 0 Å². The van der Waals surface area contributed by atoms with Gasteiger partial charge in [-0.15, -0.1) is 0 Å². The molecule has 2 atom stereocenters. The zero-order chi connectivity index (χ0) is 22.2. The van der Waals surface area contributed by atoms with Crippen LogP contribution in [0.5, 0.6) is 0 Å². The molecule has 163 valence electrons. The van der Waals surface area contributed by atoms with Gasteiger partial charge in [0.2, 0.25) is 0 Å². The van der Waals surface area contributed by atoms with Crippen LogP contribution in [-0.4, -0.2) is 0 Å². The molecule has 0 aromatic heterocycles. The minimum atomic E-state index is -2.54. The molecule has 31 heavy (non-hydrogen) atoms. The van der Waals surface area contributed by atoms with Crippen LogP contribution in [0.15, 0.2) is 60.2 Å². The molecule has 0 nitrogen and oxygen atoms in total. The molecule has 0 fully saturated rings. The topological polar surface area (TPSA) is 0 Å². The first-order valence-electron chi connectivity index (χ1n) is 11.5. The molecule has 3 heteroatoms. The first-order valence-corrected chi connectivity index (χ1v) is 19.3. The van der Waals surface area contributed by atoms with E-state index in [2.05, 4.69) is 88.4 Å². The molecule has 0 aliphatic heterocycles.